The Hall–Kier alpha value is -1.20. The van der Waals surface area contributed by atoms with E-state index in [-0.39, 0.29) is 0 Å². The van der Waals surface area contributed by atoms with Crippen molar-refractivity contribution >= 4 is 23.4 Å². The van der Waals surface area contributed by atoms with Crippen LogP contribution in [0.15, 0.2) is 12.3 Å². The van der Waals surface area contributed by atoms with Crippen LogP contribution in [0.3, 0.4) is 0 Å². The predicted octanol–water partition coefficient (Wildman–Crippen LogP) is 2.50. The second-order valence-electron chi connectivity index (χ2n) is 5.20. The van der Waals surface area contributed by atoms with Gasteiger partial charge in [0.05, 0.1) is 5.52 Å². The molecule has 0 spiro atoms. The Morgan fingerprint density at radius 3 is 3.11 bits per heavy atom. The van der Waals surface area contributed by atoms with Crippen molar-refractivity contribution in [3.8, 4) is 0 Å². The van der Waals surface area contributed by atoms with Crippen LogP contribution < -0.4 is 0 Å². The normalized spacial score (nSPS) is 20.9. The SMILES string of the molecule is Cc1cnc2c(c1)[nH]c(=S)n2CC1CCCN1C. The van der Waals surface area contributed by atoms with E-state index in [0.717, 1.165) is 28.0 Å². The van der Waals surface area contributed by atoms with Gasteiger partial charge in [-0.3, -0.25) is 4.57 Å². The van der Waals surface area contributed by atoms with Gasteiger partial charge in [0.25, 0.3) is 0 Å². The number of rotatable bonds is 2. The van der Waals surface area contributed by atoms with Gasteiger partial charge in [0.15, 0.2) is 10.4 Å². The van der Waals surface area contributed by atoms with Crippen LogP contribution in [0.25, 0.3) is 11.2 Å². The van der Waals surface area contributed by atoms with Crippen molar-refractivity contribution < 1.29 is 0 Å². The Balaban J connectivity index is 2.01. The summed E-state index contributed by atoms with van der Waals surface area (Å²) < 4.78 is 2.92. The van der Waals surface area contributed by atoms with Gasteiger partial charge in [-0.1, -0.05) is 0 Å². The van der Waals surface area contributed by atoms with Crippen molar-refractivity contribution in [2.75, 3.05) is 13.6 Å². The number of hydrogen-bond acceptors (Lipinski definition) is 3. The molecular weight excluding hydrogens is 244 g/mol. The number of H-pyrrole nitrogens is 1. The summed E-state index contributed by atoms with van der Waals surface area (Å²) in [5.41, 5.74) is 3.18. The predicted molar refractivity (Wildman–Crippen MR) is 75.3 cm³/mol. The topological polar surface area (TPSA) is 36.9 Å². The van der Waals surface area contributed by atoms with Crippen LogP contribution in [-0.4, -0.2) is 39.1 Å². The van der Waals surface area contributed by atoms with Crippen LogP contribution in [0, 0.1) is 11.7 Å². The van der Waals surface area contributed by atoms with Gasteiger partial charge in [-0.15, -0.1) is 0 Å². The number of hydrogen-bond donors (Lipinski definition) is 1. The van der Waals surface area contributed by atoms with Crippen LogP contribution in [0.1, 0.15) is 18.4 Å². The molecule has 1 aliphatic rings. The minimum atomic E-state index is 0.582. The maximum absolute atomic E-state index is 5.42. The zero-order valence-corrected chi connectivity index (χ0v) is 11.6. The van der Waals surface area contributed by atoms with Gasteiger partial charge in [-0.25, -0.2) is 4.98 Å². The Morgan fingerprint density at radius 1 is 1.56 bits per heavy atom. The van der Waals surface area contributed by atoms with Crippen LogP contribution in [0.2, 0.25) is 0 Å². The lowest BCUT2D eigenvalue weighted by Gasteiger charge is -2.19. The number of likely N-dealkylation sites (tertiary alicyclic amines) is 1. The van der Waals surface area contributed by atoms with Gasteiger partial charge >= 0.3 is 0 Å². The van der Waals surface area contributed by atoms with E-state index in [4.69, 9.17) is 12.2 Å². The summed E-state index contributed by atoms with van der Waals surface area (Å²) in [6.45, 7) is 4.17. The average Bonchev–Trinajstić information content (AvgIpc) is 2.85. The van der Waals surface area contributed by atoms with E-state index in [1.54, 1.807) is 0 Å². The number of nitrogens with zero attached hydrogens (tertiary/aromatic N) is 3. The van der Waals surface area contributed by atoms with Crippen molar-refractivity contribution in [3.05, 3.63) is 22.6 Å². The van der Waals surface area contributed by atoms with Gasteiger partial charge in [0.1, 0.15) is 0 Å². The van der Waals surface area contributed by atoms with E-state index < -0.39 is 0 Å². The number of aryl methyl sites for hydroxylation is 1. The van der Waals surface area contributed by atoms with E-state index in [9.17, 15) is 0 Å². The van der Waals surface area contributed by atoms with Crippen molar-refractivity contribution in [2.24, 2.45) is 0 Å². The lowest BCUT2D eigenvalue weighted by molar-refractivity contribution is 0.283. The Kier molecular flexibility index (Phi) is 2.95. The minimum absolute atomic E-state index is 0.582. The fraction of sp³-hybridized carbons (Fsp3) is 0.538. The van der Waals surface area contributed by atoms with Crippen molar-refractivity contribution in [1.82, 2.24) is 19.4 Å². The van der Waals surface area contributed by atoms with Gasteiger partial charge < -0.3 is 9.88 Å². The highest BCUT2D eigenvalue weighted by atomic mass is 32.1. The van der Waals surface area contributed by atoms with Crippen molar-refractivity contribution in [3.63, 3.8) is 0 Å². The average molecular weight is 262 g/mol. The molecule has 0 aromatic carbocycles. The van der Waals surface area contributed by atoms with Gasteiger partial charge in [-0.05, 0) is 57.2 Å². The van der Waals surface area contributed by atoms with Crippen LogP contribution in [-0.2, 0) is 6.54 Å². The zero-order valence-electron chi connectivity index (χ0n) is 10.8. The molecule has 0 bridgehead atoms. The Morgan fingerprint density at radius 2 is 2.39 bits per heavy atom. The molecule has 1 fully saturated rings. The number of aromatic amines is 1. The van der Waals surface area contributed by atoms with E-state index in [0.29, 0.717) is 6.04 Å². The number of fused-ring (bicyclic) bond motifs is 1. The summed E-state index contributed by atoms with van der Waals surface area (Å²) in [5, 5.41) is 0. The molecule has 3 heterocycles. The number of nitrogens with one attached hydrogen (secondary N) is 1. The molecule has 0 radical (unpaired) electrons. The Bertz CT molecular complexity index is 627. The second kappa shape index (κ2) is 4.48. The summed E-state index contributed by atoms with van der Waals surface area (Å²) in [6.07, 6.45) is 4.43. The number of likely N-dealkylation sites (N-methyl/N-ethyl adjacent to an activating group) is 1. The highest BCUT2D eigenvalue weighted by molar-refractivity contribution is 7.71. The number of pyridine rings is 1. The summed E-state index contributed by atoms with van der Waals surface area (Å²) in [7, 11) is 2.19. The van der Waals surface area contributed by atoms with Crippen LogP contribution >= 0.6 is 12.2 Å². The molecule has 1 saturated heterocycles. The second-order valence-corrected chi connectivity index (χ2v) is 5.59. The first kappa shape index (κ1) is 11.9. The molecule has 96 valence electrons. The standard InChI is InChI=1S/C13H18N4S/c1-9-6-11-12(14-7-9)17(13(18)15-11)8-10-4-3-5-16(10)2/h6-7,10H,3-5,8H2,1-2H3,(H,15,18). The summed E-state index contributed by atoms with van der Waals surface area (Å²) >= 11 is 5.42. The highest BCUT2D eigenvalue weighted by Crippen LogP contribution is 2.20. The zero-order chi connectivity index (χ0) is 12.7. The van der Waals surface area contributed by atoms with Gasteiger partial charge in [0, 0.05) is 18.8 Å². The maximum Gasteiger partial charge on any atom is 0.179 e. The summed E-state index contributed by atoms with van der Waals surface area (Å²) in [5.74, 6) is 0. The monoisotopic (exact) mass is 262 g/mol. The molecule has 18 heavy (non-hydrogen) atoms. The molecule has 5 heteroatoms. The highest BCUT2D eigenvalue weighted by Gasteiger charge is 2.22. The molecule has 0 amide bonds. The first-order valence-corrected chi connectivity index (χ1v) is 6.81. The summed E-state index contributed by atoms with van der Waals surface area (Å²) in [4.78, 5) is 10.2. The number of aromatic nitrogens is 3. The van der Waals surface area contributed by atoms with Crippen molar-refractivity contribution in [2.45, 2.75) is 32.4 Å². The molecule has 2 aromatic rings. The third-order valence-corrected chi connectivity index (χ3v) is 4.13. The lowest BCUT2D eigenvalue weighted by Crippen LogP contribution is -2.29. The molecule has 0 saturated carbocycles. The lowest BCUT2D eigenvalue weighted by atomic mass is 10.2. The van der Waals surface area contributed by atoms with Crippen LogP contribution in [0.4, 0.5) is 0 Å². The molecule has 1 N–H and O–H groups in total. The third-order valence-electron chi connectivity index (χ3n) is 3.81. The smallest absolute Gasteiger partial charge is 0.179 e. The first-order valence-electron chi connectivity index (χ1n) is 6.40. The van der Waals surface area contributed by atoms with E-state index in [1.165, 1.54) is 19.4 Å². The maximum atomic E-state index is 5.42. The molecule has 4 nitrogen and oxygen atoms in total. The van der Waals surface area contributed by atoms with Crippen molar-refractivity contribution in [1.29, 1.82) is 0 Å². The largest absolute Gasteiger partial charge is 0.329 e. The van der Waals surface area contributed by atoms with Gasteiger partial charge in [-0.2, -0.15) is 0 Å². The first-order chi connectivity index (χ1) is 8.65. The molecule has 1 unspecified atom stereocenters. The molecule has 3 rings (SSSR count). The fourth-order valence-corrected chi connectivity index (χ4v) is 3.01. The number of imidazole rings is 1. The van der Waals surface area contributed by atoms with E-state index in [2.05, 4.69) is 32.5 Å². The fourth-order valence-electron chi connectivity index (χ4n) is 2.74. The van der Waals surface area contributed by atoms with E-state index in [1.807, 2.05) is 13.1 Å². The van der Waals surface area contributed by atoms with Gasteiger partial charge in [0.2, 0.25) is 0 Å². The van der Waals surface area contributed by atoms with Crippen LogP contribution in [0.5, 0.6) is 0 Å². The quantitative estimate of drug-likeness (QED) is 0.845. The summed E-state index contributed by atoms with van der Waals surface area (Å²) in [6, 6.07) is 2.69. The Labute approximate surface area is 112 Å². The molecule has 1 aliphatic heterocycles. The molecule has 0 aliphatic carbocycles. The third kappa shape index (κ3) is 1.97. The molecule has 1 atom stereocenters. The minimum Gasteiger partial charge on any atom is -0.329 e. The van der Waals surface area contributed by atoms with E-state index >= 15 is 0 Å². The molecular formula is C13H18N4S. The molecule has 2 aromatic heterocycles.